The Bertz CT molecular complexity index is 226. The maximum absolute atomic E-state index is 11.5. The number of allylic oxidation sites excluding steroid dienone is 2. The maximum atomic E-state index is 11.5. The van der Waals surface area contributed by atoms with Gasteiger partial charge >= 0.3 is 0 Å². The van der Waals surface area contributed by atoms with Crippen molar-refractivity contribution >= 4 is 17.4 Å². The lowest BCUT2D eigenvalue weighted by molar-refractivity contribution is -0.120. The Morgan fingerprint density at radius 2 is 2.06 bits per heavy atom. The predicted octanol–water partition coefficient (Wildman–Crippen LogP) is 3.85. The number of Topliss-reactive ketones (excluding diaryl/α,β-unsaturated/α-hetero) is 1. The zero-order valence-corrected chi connectivity index (χ0v) is 11.7. The topological polar surface area (TPSA) is 37.3 Å². The summed E-state index contributed by atoms with van der Waals surface area (Å²) in [7, 11) is 0. The van der Waals surface area contributed by atoms with Crippen molar-refractivity contribution in [1.29, 1.82) is 0 Å². The highest BCUT2D eigenvalue weighted by molar-refractivity contribution is 6.21. The third-order valence-corrected chi connectivity index (χ3v) is 3.19. The molecule has 0 heterocycles. The van der Waals surface area contributed by atoms with E-state index in [2.05, 4.69) is 19.9 Å². The molecule has 0 aliphatic heterocycles. The maximum Gasteiger partial charge on any atom is 0.135 e. The number of hydrogen-bond donors (Lipinski definition) is 1. The van der Waals surface area contributed by atoms with E-state index in [-0.39, 0.29) is 17.6 Å². The molecule has 0 amide bonds. The Morgan fingerprint density at radius 3 is 2.65 bits per heavy atom. The third-order valence-electron chi connectivity index (χ3n) is 2.68. The predicted molar refractivity (Wildman–Crippen MR) is 73.5 cm³/mol. The van der Waals surface area contributed by atoms with Crippen LogP contribution in [0.5, 0.6) is 0 Å². The van der Waals surface area contributed by atoms with E-state index in [9.17, 15) is 9.90 Å². The smallest absolute Gasteiger partial charge is 0.135 e. The number of rotatable bonds is 10. The molecule has 0 saturated heterocycles. The molecule has 0 bridgehead atoms. The van der Waals surface area contributed by atoms with Crippen LogP contribution in [-0.4, -0.2) is 22.4 Å². The van der Waals surface area contributed by atoms with Gasteiger partial charge in [0.2, 0.25) is 0 Å². The molecule has 17 heavy (non-hydrogen) atoms. The lowest BCUT2D eigenvalue weighted by Gasteiger charge is -2.15. The Kier molecular flexibility index (Phi) is 10.6. The van der Waals surface area contributed by atoms with E-state index in [0.717, 1.165) is 32.1 Å². The zero-order chi connectivity index (χ0) is 13.1. The molecule has 0 aliphatic rings. The first-order chi connectivity index (χ1) is 8.11. The van der Waals surface area contributed by atoms with Crippen molar-refractivity contribution in [1.82, 2.24) is 0 Å². The molecule has 0 aromatic rings. The van der Waals surface area contributed by atoms with Gasteiger partial charge in [-0.2, -0.15) is 0 Å². The lowest BCUT2D eigenvalue weighted by Crippen LogP contribution is -2.24. The van der Waals surface area contributed by atoms with Crippen molar-refractivity contribution in [2.45, 2.75) is 70.3 Å². The van der Waals surface area contributed by atoms with Gasteiger partial charge in [-0.1, -0.05) is 38.8 Å². The standard InChI is InChI=1S/C14H25ClO2/c1-3-5-7-8-9-12(16)11-14(17)13(15)10-6-4-2/h5,7,13-14,17H,3-4,6,8-11H2,1-2H3/b7-5+/t13-,14+/m1/s1. The second-order valence-corrected chi connectivity index (χ2v) is 4.95. The van der Waals surface area contributed by atoms with Gasteiger partial charge in [0.15, 0.2) is 0 Å². The molecule has 0 aromatic carbocycles. The van der Waals surface area contributed by atoms with Gasteiger partial charge in [-0.3, -0.25) is 4.79 Å². The van der Waals surface area contributed by atoms with Crippen molar-refractivity contribution in [2.75, 3.05) is 0 Å². The number of hydrogen-bond acceptors (Lipinski definition) is 2. The molecule has 0 saturated carbocycles. The van der Waals surface area contributed by atoms with Crippen LogP contribution in [0.2, 0.25) is 0 Å². The molecule has 2 atom stereocenters. The molecular formula is C14H25ClO2. The monoisotopic (exact) mass is 260 g/mol. The van der Waals surface area contributed by atoms with E-state index in [0.29, 0.717) is 6.42 Å². The van der Waals surface area contributed by atoms with E-state index >= 15 is 0 Å². The highest BCUT2D eigenvalue weighted by Crippen LogP contribution is 2.15. The molecule has 0 unspecified atom stereocenters. The Morgan fingerprint density at radius 1 is 1.35 bits per heavy atom. The van der Waals surface area contributed by atoms with Gasteiger partial charge in [-0.15, -0.1) is 11.6 Å². The first-order valence-corrected chi connectivity index (χ1v) is 7.04. The fourth-order valence-corrected chi connectivity index (χ4v) is 1.83. The van der Waals surface area contributed by atoms with Gasteiger partial charge < -0.3 is 5.11 Å². The molecule has 0 aromatic heterocycles. The number of alkyl halides is 1. The summed E-state index contributed by atoms with van der Waals surface area (Å²) in [5, 5.41) is 9.46. The van der Waals surface area contributed by atoms with Crippen molar-refractivity contribution < 1.29 is 9.90 Å². The molecule has 0 radical (unpaired) electrons. The Balaban J connectivity index is 3.74. The van der Waals surface area contributed by atoms with Crippen molar-refractivity contribution in [3.63, 3.8) is 0 Å². The summed E-state index contributed by atoms with van der Waals surface area (Å²) in [5.41, 5.74) is 0. The van der Waals surface area contributed by atoms with Crippen LogP contribution < -0.4 is 0 Å². The fourth-order valence-electron chi connectivity index (χ4n) is 1.58. The molecule has 2 nitrogen and oxygen atoms in total. The molecule has 0 aliphatic carbocycles. The minimum Gasteiger partial charge on any atom is -0.391 e. The van der Waals surface area contributed by atoms with Crippen LogP contribution in [0.1, 0.15) is 58.8 Å². The quantitative estimate of drug-likeness (QED) is 0.479. The van der Waals surface area contributed by atoms with E-state index in [1.807, 2.05) is 6.08 Å². The van der Waals surface area contributed by atoms with E-state index in [1.165, 1.54) is 0 Å². The summed E-state index contributed by atoms with van der Waals surface area (Å²) in [5.74, 6) is 0.0976. The van der Waals surface area contributed by atoms with Crippen LogP contribution in [0, 0.1) is 0 Å². The van der Waals surface area contributed by atoms with Crippen LogP contribution in [-0.2, 0) is 4.79 Å². The minimum atomic E-state index is -0.689. The van der Waals surface area contributed by atoms with Crippen molar-refractivity contribution in [2.24, 2.45) is 0 Å². The van der Waals surface area contributed by atoms with Gasteiger partial charge in [-0.25, -0.2) is 0 Å². The van der Waals surface area contributed by atoms with Crippen LogP contribution in [0.4, 0.5) is 0 Å². The molecule has 0 spiro atoms. The SMILES string of the molecule is CC/C=C/CCC(=O)C[C@H](O)[C@H](Cl)CCCC. The third kappa shape index (κ3) is 9.37. The summed E-state index contributed by atoms with van der Waals surface area (Å²) in [4.78, 5) is 11.5. The van der Waals surface area contributed by atoms with E-state index in [1.54, 1.807) is 0 Å². The lowest BCUT2D eigenvalue weighted by atomic mass is 10.0. The van der Waals surface area contributed by atoms with Crippen LogP contribution >= 0.6 is 11.6 Å². The minimum absolute atomic E-state index is 0.0976. The Labute approximate surface area is 110 Å². The van der Waals surface area contributed by atoms with Gasteiger partial charge in [-0.05, 0) is 19.3 Å². The first kappa shape index (κ1) is 16.7. The number of aliphatic hydroxyl groups is 1. The molecule has 3 heteroatoms. The second kappa shape index (κ2) is 10.8. The fraction of sp³-hybridized carbons (Fsp3) is 0.786. The molecule has 100 valence electrons. The summed E-state index contributed by atoms with van der Waals surface area (Å²) in [6.45, 7) is 4.15. The van der Waals surface area contributed by atoms with E-state index < -0.39 is 6.10 Å². The van der Waals surface area contributed by atoms with Crippen LogP contribution in [0.3, 0.4) is 0 Å². The highest BCUT2D eigenvalue weighted by atomic mass is 35.5. The Hall–Kier alpha value is -0.340. The average Bonchev–Trinajstić information content (AvgIpc) is 2.31. The summed E-state index contributed by atoms with van der Waals surface area (Å²) in [6.07, 6.45) is 8.68. The molecular weight excluding hydrogens is 236 g/mol. The summed E-state index contributed by atoms with van der Waals surface area (Å²) >= 11 is 6.02. The van der Waals surface area contributed by atoms with Crippen molar-refractivity contribution in [3.05, 3.63) is 12.2 Å². The number of aliphatic hydroxyl groups excluding tert-OH is 1. The van der Waals surface area contributed by atoms with Gasteiger partial charge in [0.05, 0.1) is 11.5 Å². The zero-order valence-electron chi connectivity index (χ0n) is 11.0. The average molecular weight is 261 g/mol. The molecule has 1 N–H and O–H groups in total. The van der Waals surface area contributed by atoms with Gasteiger partial charge in [0, 0.05) is 12.8 Å². The molecule has 0 rings (SSSR count). The second-order valence-electron chi connectivity index (χ2n) is 4.39. The van der Waals surface area contributed by atoms with Crippen LogP contribution in [0.15, 0.2) is 12.2 Å². The van der Waals surface area contributed by atoms with Gasteiger partial charge in [0.1, 0.15) is 5.78 Å². The number of ketones is 1. The normalized spacial score (nSPS) is 15.1. The van der Waals surface area contributed by atoms with Crippen molar-refractivity contribution in [3.8, 4) is 0 Å². The number of halogens is 1. The first-order valence-electron chi connectivity index (χ1n) is 6.60. The van der Waals surface area contributed by atoms with Gasteiger partial charge in [0.25, 0.3) is 0 Å². The summed E-state index contributed by atoms with van der Waals surface area (Å²) in [6, 6.07) is 0. The number of carbonyl (C=O) groups excluding carboxylic acids is 1. The largest absolute Gasteiger partial charge is 0.391 e. The number of carbonyl (C=O) groups is 1. The molecule has 0 fully saturated rings. The van der Waals surface area contributed by atoms with E-state index in [4.69, 9.17) is 11.6 Å². The highest BCUT2D eigenvalue weighted by Gasteiger charge is 2.18. The number of unbranched alkanes of at least 4 members (excludes halogenated alkanes) is 1. The summed E-state index contributed by atoms with van der Waals surface area (Å²) < 4.78 is 0. The van der Waals surface area contributed by atoms with Crippen LogP contribution in [0.25, 0.3) is 0 Å².